The van der Waals surface area contributed by atoms with Crippen LogP contribution in [0, 0.1) is 11.8 Å². The first-order chi connectivity index (χ1) is 4.74. The molecule has 0 heterocycles. The maximum atomic E-state index is 3.35. The molecule has 1 aliphatic rings. The van der Waals surface area contributed by atoms with Crippen LogP contribution in [0.5, 0.6) is 0 Å². The largest absolute Gasteiger partial charge is 0.317 e. The quantitative estimate of drug-likeness (QED) is 0.589. The zero-order valence-electron chi connectivity index (χ0n) is 7.35. The van der Waals surface area contributed by atoms with Crippen LogP contribution < -0.4 is 5.32 Å². The molecule has 10 heavy (non-hydrogen) atoms. The van der Waals surface area contributed by atoms with Gasteiger partial charge in [-0.3, -0.25) is 0 Å². The van der Waals surface area contributed by atoms with Gasteiger partial charge in [-0.25, -0.2) is 0 Å². The fourth-order valence-corrected chi connectivity index (χ4v) is 1.81. The van der Waals surface area contributed by atoms with Crippen molar-refractivity contribution in [3.05, 3.63) is 0 Å². The molecule has 0 aromatic rings. The molecule has 0 aliphatic heterocycles. The third-order valence-electron chi connectivity index (χ3n) is 3.01. The minimum Gasteiger partial charge on any atom is -0.317 e. The van der Waals surface area contributed by atoms with Gasteiger partial charge in [-0.05, 0) is 38.1 Å². The van der Waals surface area contributed by atoms with Crippen LogP contribution in [0.15, 0.2) is 0 Å². The first kappa shape index (κ1) is 8.06. The molecule has 60 valence electrons. The van der Waals surface area contributed by atoms with Crippen LogP contribution >= 0.6 is 0 Å². The first-order valence-electron chi connectivity index (χ1n) is 4.41. The van der Waals surface area contributed by atoms with Crippen molar-refractivity contribution in [3.63, 3.8) is 0 Å². The van der Waals surface area contributed by atoms with Gasteiger partial charge in [-0.1, -0.05) is 13.8 Å². The Hall–Kier alpha value is -0.0400. The molecule has 1 rings (SSSR count). The fraction of sp³-hybridized carbons (Fsp3) is 1.00. The van der Waals surface area contributed by atoms with E-state index >= 15 is 0 Å². The minimum absolute atomic E-state index is 0.797. The van der Waals surface area contributed by atoms with E-state index in [1.165, 1.54) is 19.3 Å². The Bertz CT molecular complexity index is 101. The van der Waals surface area contributed by atoms with E-state index in [9.17, 15) is 0 Å². The molecule has 1 saturated carbocycles. The second-order valence-electron chi connectivity index (χ2n) is 3.75. The number of hydrogen-bond donors (Lipinski definition) is 1. The summed E-state index contributed by atoms with van der Waals surface area (Å²) in [6, 6.07) is 0.797. The van der Waals surface area contributed by atoms with E-state index in [-0.39, 0.29) is 0 Å². The maximum Gasteiger partial charge on any atom is 0.00668 e. The van der Waals surface area contributed by atoms with Crippen molar-refractivity contribution in [1.82, 2.24) is 5.32 Å². The number of hydrogen-bond acceptors (Lipinski definition) is 1. The molecule has 0 spiro atoms. The highest BCUT2D eigenvalue weighted by molar-refractivity contribution is 4.78. The first-order valence-corrected chi connectivity index (χ1v) is 4.41. The molecule has 0 bridgehead atoms. The van der Waals surface area contributed by atoms with Gasteiger partial charge < -0.3 is 5.32 Å². The van der Waals surface area contributed by atoms with Gasteiger partial charge in [0, 0.05) is 6.04 Å². The van der Waals surface area contributed by atoms with Gasteiger partial charge in [-0.15, -0.1) is 0 Å². The zero-order chi connectivity index (χ0) is 7.56. The van der Waals surface area contributed by atoms with E-state index in [2.05, 4.69) is 26.2 Å². The summed E-state index contributed by atoms with van der Waals surface area (Å²) in [5, 5.41) is 3.35. The highest BCUT2D eigenvalue weighted by Gasteiger charge is 2.22. The van der Waals surface area contributed by atoms with Gasteiger partial charge >= 0.3 is 0 Å². The molecule has 0 saturated heterocycles. The number of rotatable bonds is 1. The van der Waals surface area contributed by atoms with Crippen molar-refractivity contribution in [3.8, 4) is 0 Å². The van der Waals surface area contributed by atoms with Crippen LogP contribution in [0.1, 0.15) is 33.1 Å². The van der Waals surface area contributed by atoms with Gasteiger partial charge in [0.2, 0.25) is 0 Å². The Kier molecular flexibility index (Phi) is 2.72. The van der Waals surface area contributed by atoms with Crippen LogP contribution in [0.3, 0.4) is 0 Å². The molecule has 0 amide bonds. The molecule has 3 atom stereocenters. The highest BCUT2D eigenvalue weighted by Crippen LogP contribution is 2.28. The van der Waals surface area contributed by atoms with Crippen LogP contribution in [0.2, 0.25) is 0 Å². The molecule has 1 nitrogen and oxygen atoms in total. The summed E-state index contributed by atoms with van der Waals surface area (Å²) in [6.07, 6.45) is 4.16. The Morgan fingerprint density at radius 2 is 1.80 bits per heavy atom. The van der Waals surface area contributed by atoms with E-state index in [0.29, 0.717) is 0 Å². The highest BCUT2D eigenvalue weighted by atomic mass is 14.9. The van der Waals surface area contributed by atoms with Crippen LogP contribution in [0.4, 0.5) is 0 Å². The molecule has 1 aliphatic carbocycles. The van der Waals surface area contributed by atoms with Crippen LogP contribution in [-0.2, 0) is 0 Å². The zero-order valence-corrected chi connectivity index (χ0v) is 7.35. The summed E-state index contributed by atoms with van der Waals surface area (Å²) in [6.45, 7) is 4.74. The lowest BCUT2D eigenvalue weighted by Gasteiger charge is -2.31. The average molecular weight is 141 g/mol. The minimum atomic E-state index is 0.797. The van der Waals surface area contributed by atoms with Crippen molar-refractivity contribution in [2.45, 2.75) is 39.2 Å². The van der Waals surface area contributed by atoms with Gasteiger partial charge in [0.05, 0.1) is 0 Å². The Morgan fingerprint density at radius 1 is 1.10 bits per heavy atom. The van der Waals surface area contributed by atoms with E-state index in [1.807, 2.05) is 0 Å². The van der Waals surface area contributed by atoms with Crippen molar-refractivity contribution in [2.24, 2.45) is 11.8 Å². The van der Waals surface area contributed by atoms with E-state index in [1.54, 1.807) is 0 Å². The SMILES string of the molecule is CN[C@@H]1CC[C@H](C)[C@@H](C)C1. The monoisotopic (exact) mass is 141 g/mol. The lowest BCUT2D eigenvalue weighted by atomic mass is 9.79. The second kappa shape index (κ2) is 3.38. The summed E-state index contributed by atoms with van der Waals surface area (Å²) in [7, 11) is 2.08. The molecule has 0 aromatic heterocycles. The Balaban J connectivity index is 2.33. The van der Waals surface area contributed by atoms with Crippen LogP contribution in [0.25, 0.3) is 0 Å². The van der Waals surface area contributed by atoms with Gasteiger partial charge in [-0.2, -0.15) is 0 Å². The van der Waals surface area contributed by atoms with Crippen molar-refractivity contribution >= 4 is 0 Å². The molecule has 0 radical (unpaired) electrons. The van der Waals surface area contributed by atoms with Gasteiger partial charge in [0.1, 0.15) is 0 Å². The third kappa shape index (κ3) is 1.72. The van der Waals surface area contributed by atoms with Gasteiger partial charge in [0.15, 0.2) is 0 Å². The average Bonchev–Trinajstić information content (AvgIpc) is 1.95. The van der Waals surface area contributed by atoms with E-state index in [0.717, 1.165) is 17.9 Å². The molecule has 1 fully saturated rings. The topological polar surface area (TPSA) is 12.0 Å². The third-order valence-corrected chi connectivity index (χ3v) is 3.01. The molecular weight excluding hydrogens is 122 g/mol. The summed E-state index contributed by atoms with van der Waals surface area (Å²) < 4.78 is 0. The summed E-state index contributed by atoms with van der Waals surface area (Å²) >= 11 is 0. The van der Waals surface area contributed by atoms with Crippen molar-refractivity contribution < 1.29 is 0 Å². The molecule has 0 unspecified atom stereocenters. The van der Waals surface area contributed by atoms with Gasteiger partial charge in [0.25, 0.3) is 0 Å². The summed E-state index contributed by atoms with van der Waals surface area (Å²) in [5.41, 5.74) is 0. The summed E-state index contributed by atoms with van der Waals surface area (Å²) in [5.74, 6) is 1.87. The second-order valence-corrected chi connectivity index (χ2v) is 3.75. The normalized spacial score (nSPS) is 41.7. The molecule has 1 N–H and O–H groups in total. The summed E-state index contributed by atoms with van der Waals surface area (Å²) in [4.78, 5) is 0. The van der Waals surface area contributed by atoms with Crippen molar-refractivity contribution in [2.75, 3.05) is 7.05 Å². The van der Waals surface area contributed by atoms with E-state index in [4.69, 9.17) is 0 Å². The Morgan fingerprint density at radius 3 is 2.30 bits per heavy atom. The Labute approximate surface area is 64.2 Å². The molecule has 1 heteroatoms. The predicted molar refractivity (Wildman–Crippen MR) is 45.0 cm³/mol. The fourth-order valence-electron chi connectivity index (χ4n) is 1.81. The maximum absolute atomic E-state index is 3.35. The predicted octanol–water partition coefficient (Wildman–Crippen LogP) is 2.03. The number of nitrogens with one attached hydrogen (secondary N) is 1. The van der Waals surface area contributed by atoms with E-state index < -0.39 is 0 Å². The van der Waals surface area contributed by atoms with Crippen molar-refractivity contribution in [1.29, 1.82) is 0 Å². The lowest BCUT2D eigenvalue weighted by molar-refractivity contribution is 0.233. The standard InChI is InChI=1S/C9H19N/c1-7-4-5-9(10-3)6-8(7)2/h7-10H,4-6H2,1-3H3/t7-,8-,9+/m0/s1. The van der Waals surface area contributed by atoms with Crippen LogP contribution in [-0.4, -0.2) is 13.1 Å². The lowest BCUT2D eigenvalue weighted by Crippen LogP contribution is -2.33. The molecule has 0 aromatic carbocycles. The smallest absolute Gasteiger partial charge is 0.00668 e. The molecular formula is C9H19N.